The van der Waals surface area contributed by atoms with Crippen molar-refractivity contribution in [1.29, 1.82) is 0 Å². The number of amides is 3. The van der Waals surface area contributed by atoms with E-state index in [9.17, 15) is 14.4 Å². The molecular formula is C48H60N12O3. The summed E-state index contributed by atoms with van der Waals surface area (Å²) < 4.78 is 1.70. The number of aromatic nitrogens is 5. The van der Waals surface area contributed by atoms with Gasteiger partial charge in [-0.05, 0) is 117 Å². The molecule has 3 aliphatic rings. The maximum atomic E-state index is 12.8. The lowest BCUT2D eigenvalue weighted by Crippen LogP contribution is -2.49. The fourth-order valence-corrected chi connectivity index (χ4v) is 8.59. The SMILES string of the molecule is CC(=O)NCCC(=O)Nc1ccc(N2CCC(CN3CCN(c4ccc(C5=Cc6c(-c7ccc(CNC(=O)c8cn(C(C)(C)C)nn8)c(C)c7)n[nH]c6NC5)cc4)CC3)CC2)cc1. The van der Waals surface area contributed by atoms with Crippen molar-refractivity contribution in [3.63, 3.8) is 0 Å². The van der Waals surface area contributed by atoms with Crippen molar-refractivity contribution in [3.8, 4) is 11.3 Å². The van der Waals surface area contributed by atoms with Crippen LogP contribution in [0.1, 0.15) is 79.7 Å². The van der Waals surface area contributed by atoms with Crippen molar-refractivity contribution in [2.75, 3.05) is 79.3 Å². The van der Waals surface area contributed by atoms with Gasteiger partial charge in [0.15, 0.2) is 5.69 Å². The van der Waals surface area contributed by atoms with Gasteiger partial charge in [0, 0.05) is 107 Å². The number of carbonyl (C=O) groups is 3. The summed E-state index contributed by atoms with van der Waals surface area (Å²) in [4.78, 5) is 43.6. The Morgan fingerprint density at radius 1 is 0.841 bits per heavy atom. The van der Waals surface area contributed by atoms with Crippen LogP contribution in [0, 0.1) is 12.8 Å². The maximum Gasteiger partial charge on any atom is 0.273 e. The highest BCUT2D eigenvalue weighted by Gasteiger charge is 2.26. The molecule has 2 aromatic heterocycles. The Kier molecular flexibility index (Phi) is 12.9. The van der Waals surface area contributed by atoms with Crippen molar-refractivity contribution in [2.24, 2.45) is 5.92 Å². The Labute approximate surface area is 369 Å². The van der Waals surface area contributed by atoms with E-state index in [1.165, 1.54) is 42.3 Å². The summed E-state index contributed by atoms with van der Waals surface area (Å²) in [6.45, 7) is 18.4. The van der Waals surface area contributed by atoms with E-state index in [2.05, 4.69) is 119 Å². The van der Waals surface area contributed by atoms with E-state index >= 15 is 0 Å². The van der Waals surface area contributed by atoms with Gasteiger partial charge in [-0.1, -0.05) is 29.5 Å². The highest BCUT2D eigenvalue weighted by molar-refractivity contribution is 5.95. The number of piperazine rings is 1. The van der Waals surface area contributed by atoms with Gasteiger partial charge in [0.25, 0.3) is 5.91 Å². The molecular weight excluding hydrogens is 793 g/mol. The predicted molar refractivity (Wildman–Crippen MR) is 250 cm³/mol. The van der Waals surface area contributed by atoms with Crippen LogP contribution in [0.25, 0.3) is 22.9 Å². The zero-order valence-electron chi connectivity index (χ0n) is 37.1. The van der Waals surface area contributed by atoms with Crippen molar-refractivity contribution in [1.82, 2.24) is 40.7 Å². The Hall–Kier alpha value is -6.48. The second-order valence-electron chi connectivity index (χ2n) is 18.0. The summed E-state index contributed by atoms with van der Waals surface area (Å²) in [5, 5.41) is 28.2. The Balaban J connectivity index is 0.795. The summed E-state index contributed by atoms with van der Waals surface area (Å²) in [5.41, 5.74) is 10.7. The average Bonchev–Trinajstić information content (AvgIpc) is 3.96. The average molecular weight is 853 g/mol. The smallest absolute Gasteiger partial charge is 0.273 e. The van der Waals surface area contributed by atoms with E-state index in [0.717, 1.165) is 85.3 Å². The summed E-state index contributed by atoms with van der Waals surface area (Å²) in [6.07, 6.45) is 6.53. The fraction of sp³-hybridized carbons (Fsp3) is 0.417. The van der Waals surface area contributed by atoms with Crippen LogP contribution >= 0.6 is 0 Å². The number of anilines is 4. The Morgan fingerprint density at radius 3 is 2.19 bits per heavy atom. The minimum absolute atomic E-state index is 0.108. The quantitative estimate of drug-likeness (QED) is 0.0930. The fourth-order valence-electron chi connectivity index (χ4n) is 8.59. The third kappa shape index (κ3) is 10.6. The maximum absolute atomic E-state index is 12.8. The van der Waals surface area contributed by atoms with Gasteiger partial charge < -0.3 is 31.1 Å². The molecule has 330 valence electrons. The first kappa shape index (κ1) is 43.2. The number of carbonyl (C=O) groups excluding carboxylic acids is 3. The minimum Gasteiger partial charge on any atom is -0.372 e. The molecule has 5 aromatic rings. The van der Waals surface area contributed by atoms with Gasteiger partial charge in [0.05, 0.1) is 11.7 Å². The lowest BCUT2D eigenvalue weighted by Gasteiger charge is -2.40. The first-order valence-electron chi connectivity index (χ1n) is 22.2. The number of piperidine rings is 1. The number of aryl methyl sites for hydroxylation is 1. The van der Waals surface area contributed by atoms with Crippen LogP contribution in [0.4, 0.5) is 22.9 Å². The van der Waals surface area contributed by atoms with E-state index in [-0.39, 0.29) is 29.7 Å². The number of aromatic amines is 1. The van der Waals surface area contributed by atoms with Crippen LogP contribution < -0.4 is 31.1 Å². The molecule has 5 heterocycles. The highest BCUT2D eigenvalue weighted by atomic mass is 16.2. The summed E-state index contributed by atoms with van der Waals surface area (Å²) in [5.74, 6) is 1.12. The molecule has 0 saturated carbocycles. The Morgan fingerprint density at radius 2 is 1.52 bits per heavy atom. The van der Waals surface area contributed by atoms with E-state index in [4.69, 9.17) is 5.10 Å². The second-order valence-corrected chi connectivity index (χ2v) is 18.0. The van der Waals surface area contributed by atoms with Gasteiger partial charge in [-0.2, -0.15) is 5.10 Å². The van der Waals surface area contributed by atoms with E-state index in [1.807, 2.05) is 32.9 Å². The number of H-pyrrole nitrogens is 1. The normalized spacial score (nSPS) is 15.9. The first-order chi connectivity index (χ1) is 30.4. The molecule has 2 fully saturated rings. The van der Waals surface area contributed by atoms with Crippen molar-refractivity contribution >= 4 is 52.3 Å². The van der Waals surface area contributed by atoms with Crippen LogP contribution in [0.2, 0.25) is 0 Å². The lowest BCUT2D eigenvalue weighted by molar-refractivity contribution is -0.119. The van der Waals surface area contributed by atoms with Crippen molar-refractivity contribution < 1.29 is 14.4 Å². The number of nitrogens with zero attached hydrogens (tertiary/aromatic N) is 7. The molecule has 3 amide bonds. The van der Waals surface area contributed by atoms with E-state index in [1.54, 1.807) is 10.9 Å². The molecule has 15 heteroatoms. The van der Waals surface area contributed by atoms with Gasteiger partial charge in [-0.25, -0.2) is 4.68 Å². The van der Waals surface area contributed by atoms with Crippen LogP contribution in [0.3, 0.4) is 0 Å². The van der Waals surface area contributed by atoms with Gasteiger partial charge >= 0.3 is 0 Å². The number of rotatable bonds is 13. The number of hydrogen-bond acceptors (Lipinski definition) is 10. The molecule has 0 spiro atoms. The zero-order valence-corrected chi connectivity index (χ0v) is 37.1. The molecule has 0 atom stereocenters. The molecule has 0 aliphatic carbocycles. The van der Waals surface area contributed by atoms with E-state index < -0.39 is 0 Å². The zero-order chi connectivity index (χ0) is 44.1. The molecule has 0 bridgehead atoms. The topological polar surface area (TPSA) is 168 Å². The van der Waals surface area contributed by atoms with Gasteiger partial charge in [-0.3, -0.25) is 24.4 Å². The standard InChI is InChI=1S/C48H60N12O3/c1-32-26-36(6-7-37(32)28-51-47(63)43-31-60(56-53-43)48(3,4)5)45-42-27-38(29-50-46(42)55-54-45)35-8-12-40(13-9-35)59-24-22-57(23-25-59)30-34-17-20-58(21-18-34)41-14-10-39(11-15-41)52-44(62)16-19-49-33(2)61/h6-15,26-27,31,34H,16-25,28-30H2,1-5H3,(H,49,61)(H,51,63)(H,52,62)(H2,50,54,55). The predicted octanol–water partition coefficient (Wildman–Crippen LogP) is 6.13. The molecule has 15 nitrogen and oxygen atoms in total. The number of nitrogens with one attached hydrogen (secondary N) is 5. The monoisotopic (exact) mass is 852 g/mol. The van der Waals surface area contributed by atoms with Crippen molar-refractivity contribution in [3.05, 3.63) is 101 Å². The second kappa shape index (κ2) is 18.9. The number of benzene rings is 3. The summed E-state index contributed by atoms with van der Waals surface area (Å²) in [6, 6.07) is 23.3. The highest BCUT2D eigenvalue weighted by Crippen LogP contribution is 2.35. The summed E-state index contributed by atoms with van der Waals surface area (Å²) >= 11 is 0. The summed E-state index contributed by atoms with van der Waals surface area (Å²) in [7, 11) is 0. The molecule has 3 aromatic carbocycles. The van der Waals surface area contributed by atoms with Crippen LogP contribution in [-0.2, 0) is 21.7 Å². The van der Waals surface area contributed by atoms with Crippen LogP contribution in [-0.4, -0.2) is 107 Å². The molecule has 3 aliphatic heterocycles. The number of fused-ring (bicyclic) bond motifs is 1. The minimum atomic E-state index is -0.251. The first-order valence-corrected chi connectivity index (χ1v) is 22.2. The van der Waals surface area contributed by atoms with Crippen LogP contribution in [0.5, 0.6) is 0 Å². The van der Waals surface area contributed by atoms with Gasteiger partial charge in [-0.15, -0.1) is 5.10 Å². The molecule has 0 radical (unpaired) electrons. The van der Waals surface area contributed by atoms with Crippen LogP contribution in [0.15, 0.2) is 72.9 Å². The molecule has 63 heavy (non-hydrogen) atoms. The molecule has 8 rings (SSSR count). The number of hydrogen-bond donors (Lipinski definition) is 5. The van der Waals surface area contributed by atoms with Crippen molar-refractivity contribution in [2.45, 2.75) is 66.0 Å². The largest absolute Gasteiger partial charge is 0.372 e. The van der Waals surface area contributed by atoms with Gasteiger partial charge in [0.2, 0.25) is 11.8 Å². The third-order valence-corrected chi connectivity index (χ3v) is 12.4. The third-order valence-electron chi connectivity index (χ3n) is 12.4. The molecule has 5 N–H and O–H groups in total. The van der Waals surface area contributed by atoms with Gasteiger partial charge in [0.1, 0.15) is 11.5 Å². The van der Waals surface area contributed by atoms with E-state index in [0.29, 0.717) is 31.2 Å². The molecule has 2 saturated heterocycles. The molecule has 0 unspecified atom stereocenters. The lowest BCUT2D eigenvalue weighted by atomic mass is 9.95. The Bertz CT molecular complexity index is 2430.